The van der Waals surface area contributed by atoms with Crippen LogP contribution in [0.3, 0.4) is 0 Å². The van der Waals surface area contributed by atoms with Crippen LogP contribution in [0.5, 0.6) is 0 Å². The summed E-state index contributed by atoms with van der Waals surface area (Å²) in [5, 5.41) is 8.89. The molecular weight excluding hydrogens is 330 g/mol. The van der Waals surface area contributed by atoms with Crippen LogP contribution in [0.1, 0.15) is 5.56 Å². The number of rotatable bonds is 2. The van der Waals surface area contributed by atoms with E-state index in [1.807, 2.05) is 48.5 Å². The summed E-state index contributed by atoms with van der Waals surface area (Å²) in [5.41, 5.74) is 1.68. The van der Waals surface area contributed by atoms with Crippen LogP contribution in [0.15, 0.2) is 59.4 Å². The largest absolute Gasteiger partial charge is 0.276 e. The zero-order valence-corrected chi connectivity index (χ0v) is 13.4. The molecule has 0 fully saturated rings. The quantitative estimate of drug-likeness (QED) is 0.564. The highest BCUT2D eigenvalue weighted by atomic mass is 35.5. The van der Waals surface area contributed by atoms with Gasteiger partial charge in [-0.1, -0.05) is 53.3 Å². The highest BCUT2D eigenvalue weighted by Gasteiger charge is 2.13. The number of thiazole rings is 1. The second-order valence-electron chi connectivity index (χ2n) is 4.97. The molecule has 0 bridgehead atoms. The van der Waals surface area contributed by atoms with E-state index in [-0.39, 0.29) is 5.56 Å². The van der Waals surface area contributed by atoms with E-state index in [9.17, 15) is 4.79 Å². The van der Waals surface area contributed by atoms with Crippen LogP contribution in [0.2, 0.25) is 5.02 Å². The Hall–Kier alpha value is -2.50. The van der Waals surface area contributed by atoms with Gasteiger partial charge in [0.25, 0.3) is 5.56 Å². The molecule has 0 radical (unpaired) electrons. The van der Waals surface area contributed by atoms with Gasteiger partial charge in [0.1, 0.15) is 0 Å². The second-order valence-corrected chi connectivity index (χ2v) is 6.42. The third kappa shape index (κ3) is 2.54. The summed E-state index contributed by atoms with van der Waals surface area (Å²) < 4.78 is 2.18. The van der Waals surface area contributed by atoms with Crippen molar-refractivity contribution in [2.24, 2.45) is 0 Å². The Morgan fingerprint density at radius 2 is 1.74 bits per heavy atom. The highest BCUT2D eigenvalue weighted by Crippen LogP contribution is 2.20. The van der Waals surface area contributed by atoms with Gasteiger partial charge in [-0.2, -0.15) is 0 Å². The third-order valence-corrected chi connectivity index (χ3v) is 4.66. The van der Waals surface area contributed by atoms with Crippen molar-refractivity contribution in [3.63, 3.8) is 0 Å². The van der Waals surface area contributed by atoms with E-state index in [0.29, 0.717) is 20.3 Å². The van der Waals surface area contributed by atoms with E-state index in [1.165, 1.54) is 11.3 Å². The Labute approximate surface area is 140 Å². The molecule has 23 heavy (non-hydrogen) atoms. The fourth-order valence-electron chi connectivity index (χ4n) is 2.35. The van der Waals surface area contributed by atoms with Gasteiger partial charge in [0, 0.05) is 10.6 Å². The van der Waals surface area contributed by atoms with E-state index >= 15 is 0 Å². The fraction of sp³-hybridized carbons (Fsp3) is 0. The van der Waals surface area contributed by atoms with Crippen LogP contribution in [-0.4, -0.2) is 14.6 Å². The molecule has 2 heterocycles. The molecule has 4 rings (SSSR count). The van der Waals surface area contributed by atoms with Crippen LogP contribution < -0.4 is 10.1 Å². The molecule has 112 valence electrons. The lowest BCUT2D eigenvalue weighted by molar-refractivity contribution is 1.09. The van der Waals surface area contributed by atoms with Gasteiger partial charge >= 0.3 is 0 Å². The normalized spacial score (nSPS) is 12.1. The Morgan fingerprint density at radius 3 is 2.48 bits per heavy atom. The molecule has 0 aliphatic heterocycles. The maximum absolute atomic E-state index is 12.7. The van der Waals surface area contributed by atoms with Crippen LogP contribution in [0.25, 0.3) is 22.4 Å². The average molecular weight is 340 g/mol. The van der Waals surface area contributed by atoms with Crippen molar-refractivity contribution in [3.05, 3.63) is 80.1 Å². The molecule has 2 aromatic heterocycles. The molecule has 4 aromatic rings. The number of aromatic nitrogens is 3. The van der Waals surface area contributed by atoms with Crippen LogP contribution in [0.4, 0.5) is 0 Å². The van der Waals surface area contributed by atoms with E-state index in [1.54, 1.807) is 16.5 Å². The van der Waals surface area contributed by atoms with Crippen molar-refractivity contribution in [1.29, 1.82) is 0 Å². The number of hydrogen-bond acceptors (Lipinski definition) is 4. The Bertz CT molecular complexity index is 1080. The standard InChI is InChI=1S/C17H10ClN3OS/c18-13-8-6-12(7-9-13)15-19-20-17-21(15)16(22)14(23-17)10-11-4-2-1-3-5-11/h1-10H/b14-10+. The van der Waals surface area contributed by atoms with Gasteiger partial charge in [0.2, 0.25) is 4.96 Å². The molecule has 0 aliphatic carbocycles. The van der Waals surface area contributed by atoms with E-state index in [0.717, 1.165) is 11.1 Å². The first kappa shape index (κ1) is 14.1. The first-order valence-corrected chi connectivity index (χ1v) is 8.12. The third-order valence-electron chi connectivity index (χ3n) is 3.45. The summed E-state index contributed by atoms with van der Waals surface area (Å²) in [6, 6.07) is 16.9. The van der Waals surface area contributed by atoms with E-state index < -0.39 is 0 Å². The van der Waals surface area contributed by atoms with Crippen LogP contribution >= 0.6 is 22.9 Å². The molecule has 0 aliphatic rings. The molecule has 0 amide bonds. The monoisotopic (exact) mass is 339 g/mol. The minimum atomic E-state index is -0.108. The predicted octanol–water partition coefficient (Wildman–Crippen LogP) is 3.02. The summed E-state index contributed by atoms with van der Waals surface area (Å²) in [6.07, 6.45) is 1.87. The van der Waals surface area contributed by atoms with Gasteiger partial charge < -0.3 is 0 Å². The van der Waals surface area contributed by atoms with Gasteiger partial charge in [-0.25, -0.2) is 4.40 Å². The summed E-state index contributed by atoms with van der Waals surface area (Å²) in [5.74, 6) is 0.533. The molecule has 0 unspecified atom stereocenters. The van der Waals surface area contributed by atoms with Crippen molar-refractivity contribution in [1.82, 2.24) is 14.6 Å². The van der Waals surface area contributed by atoms with E-state index in [2.05, 4.69) is 10.2 Å². The van der Waals surface area contributed by atoms with Gasteiger partial charge in [0.05, 0.1) is 4.53 Å². The first-order valence-electron chi connectivity index (χ1n) is 6.93. The number of nitrogens with zero attached hydrogens (tertiary/aromatic N) is 3. The Kier molecular flexibility index (Phi) is 3.44. The maximum Gasteiger partial charge on any atom is 0.276 e. The SMILES string of the molecule is O=c1/c(=C\c2ccccc2)sc2nnc(-c3ccc(Cl)cc3)n12. The number of halogens is 1. The lowest BCUT2D eigenvalue weighted by Crippen LogP contribution is -2.23. The Balaban J connectivity index is 1.92. The fourth-order valence-corrected chi connectivity index (χ4v) is 3.39. The van der Waals surface area contributed by atoms with E-state index in [4.69, 9.17) is 11.6 Å². The zero-order chi connectivity index (χ0) is 15.8. The highest BCUT2D eigenvalue weighted by molar-refractivity contribution is 7.15. The molecule has 0 spiro atoms. The topological polar surface area (TPSA) is 47.3 Å². The summed E-state index contributed by atoms with van der Waals surface area (Å²) in [7, 11) is 0. The average Bonchev–Trinajstić information content (AvgIpc) is 3.11. The minimum absolute atomic E-state index is 0.108. The zero-order valence-electron chi connectivity index (χ0n) is 11.8. The maximum atomic E-state index is 12.7. The molecule has 6 heteroatoms. The van der Waals surface area contributed by atoms with Gasteiger partial charge in [-0.3, -0.25) is 4.79 Å². The lowest BCUT2D eigenvalue weighted by Gasteiger charge is -1.96. The van der Waals surface area contributed by atoms with Crippen molar-refractivity contribution >= 4 is 34.0 Å². The lowest BCUT2D eigenvalue weighted by atomic mass is 10.2. The summed E-state index contributed by atoms with van der Waals surface area (Å²) in [6.45, 7) is 0. The second kappa shape index (κ2) is 5.61. The summed E-state index contributed by atoms with van der Waals surface area (Å²) >= 11 is 7.24. The van der Waals surface area contributed by atoms with Gasteiger partial charge in [0.15, 0.2) is 5.82 Å². The molecule has 2 aromatic carbocycles. The predicted molar refractivity (Wildman–Crippen MR) is 92.8 cm³/mol. The summed E-state index contributed by atoms with van der Waals surface area (Å²) in [4.78, 5) is 13.3. The molecule has 0 saturated carbocycles. The molecule has 0 saturated heterocycles. The number of benzene rings is 2. The van der Waals surface area contributed by atoms with Crippen molar-refractivity contribution < 1.29 is 0 Å². The Morgan fingerprint density at radius 1 is 1.00 bits per heavy atom. The number of fused-ring (bicyclic) bond motifs is 1. The first-order chi connectivity index (χ1) is 11.2. The van der Waals surface area contributed by atoms with Gasteiger partial charge in [-0.15, -0.1) is 10.2 Å². The van der Waals surface area contributed by atoms with Crippen LogP contribution in [0, 0.1) is 0 Å². The molecular formula is C17H10ClN3OS. The van der Waals surface area contributed by atoms with Crippen molar-refractivity contribution in [2.45, 2.75) is 0 Å². The smallest absolute Gasteiger partial charge is 0.267 e. The van der Waals surface area contributed by atoms with Gasteiger partial charge in [-0.05, 0) is 35.9 Å². The molecule has 0 atom stereocenters. The minimum Gasteiger partial charge on any atom is -0.267 e. The molecule has 0 N–H and O–H groups in total. The van der Waals surface area contributed by atoms with Crippen molar-refractivity contribution in [3.8, 4) is 11.4 Å². The van der Waals surface area contributed by atoms with Crippen molar-refractivity contribution in [2.75, 3.05) is 0 Å². The van der Waals surface area contributed by atoms with Crippen LogP contribution in [-0.2, 0) is 0 Å². The molecule has 4 nitrogen and oxygen atoms in total. The number of hydrogen-bond donors (Lipinski definition) is 0.